The van der Waals surface area contributed by atoms with Crippen LogP contribution in [0.1, 0.15) is 35.5 Å². The molecule has 4 nitrogen and oxygen atoms in total. The molecule has 0 aliphatic heterocycles. The Labute approximate surface area is 130 Å². The maximum Gasteiger partial charge on any atom is 0.225 e. The Hall–Kier alpha value is -1.81. The Bertz CT molecular complexity index is 664. The third kappa shape index (κ3) is 3.45. The number of nitrogens with one attached hydrogen (secondary N) is 1. The van der Waals surface area contributed by atoms with Crippen molar-refractivity contribution < 1.29 is 4.79 Å². The molecule has 1 atom stereocenters. The molecule has 1 amide bonds. The van der Waals surface area contributed by atoms with E-state index in [4.69, 9.17) is 11.6 Å². The van der Waals surface area contributed by atoms with Crippen LogP contribution in [0.5, 0.6) is 0 Å². The van der Waals surface area contributed by atoms with Crippen molar-refractivity contribution in [3.63, 3.8) is 0 Å². The topological polar surface area (TPSA) is 46.9 Å². The zero-order valence-electron chi connectivity index (χ0n) is 12.8. The maximum atomic E-state index is 12.2. The van der Waals surface area contributed by atoms with Gasteiger partial charge in [0.15, 0.2) is 0 Å². The highest BCUT2D eigenvalue weighted by Crippen LogP contribution is 2.22. The number of hydrogen-bond donors (Lipinski definition) is 1. The summed E-state index contributed by atoms with van der Waals surface area (Å²) in [6, 6.07) is 7.42. The average molecular weight is 306 g/mol. The quantitative estimate of drug-likeness (QED) is 0.943. The van der Waals surface area contributed by atoms with Crippen LogP contribution in [-0.2, 0) is 18.3 Å². The zero-order valence-corrected chi connectivity index (χ0v) is 13.5. The smallest absolute Gasteiger partial charge is 0.225 e. The van der Waals surface area contributed by atoms with Crippen molar-refractivity contribution in [1.82, 2.24) is 15.1 Å². The molecular formula is C16H20ClN3O. The van der Waals surface area contributed by atoms with Crippen LogP contribution in [-0.4, -0.2) is 15.7 Å². The fraction of sp³-hybridized carbons (Fsp3) is 0.375. The number of rotatable bonds is 4. The standard InChI is InChI=1S/C16H20ClN3O/c1-10(13-7-5-6-8-15(13)17)18-16(21)9-14-11(2)19-20(4)12(14)3/h5-8,10H,9H2,1-4H3,(H,18,21). The first kappa shape index (κ1) is 15.6. The summed E-state index contributed by atoms with van der Waals surface area (Å²) in [5, 5.41) is 7.99. The number of aromatic nitrogens is 2. The zero-order chi connectivity index (χ0) is 15.6. The highest BCUT2D eigenvalue weighted by Gasteiger charge is 2.16. The highest BCUT2D eigenvalue weighted by molar-refractivity contribution is 6.31. The molecule has 1 aromatic heterocycles. The van der Waals surface area contributed by atoms with E-state index in [0.29, 0.717) is 11.4 Å². The summed E-state index contributed by atoms with van der Waals surface area (Å²) >= 11 is 6.15. The van der Waals surface area contributed by atoms with Crippen LogP contribution in [0, 0.1) is 13.8 Å². The van der Waals surface area contributed by atoms with Crippen LogP contribution in [0.15, 0.2) is 24.3 Å². The van der Waals surface area contributed by atoms with Crippen LogP contribution in [0.4, 0.5) is 0 Å². The number of carbonyl (C=O) groups excluding carboxylic acids is 1. The second kappa shape index (κ2) is 6.31. The average Bonchev–Trinajstić information content (AvgIpc) is 2.65. The Morgan fingerprint density at radius 1 is 1.38 bits per heavy atom. The molecule has 0 spiro atoms. The van der Waals surface area contributed by atoms with Gasteiger partial charge in [0, 0.05) is 23.3 Å². The lowest BCUT2D eigenvalue weighted by atomic mass is 10.1. The number of hydrogen-bond acceptors (Lipinski definition) is 2. The Kier molecular flexibility index (Phi) is 4.68. The van der Waals surface area contributed by atoms with Crippen molar-refractivity contribution in [3.05, 3.63) is 51.8 Å². The van der Waals surface area contributed by atoms with E-state index in [2.05, 4.69) is 10.4 Å². The SMILES string of the molecule is Cc1nn(C)c(C)c1CC(=O)NC(C)c1ccccc1Cl. The molecule has 1 unspecified atom stereocenters. The molecule has 0 saturated heterocycles. The Morgan fingerprint density at radius 3 is 2.62 bits per heavy atom. The third-order valence-electron chi connectivity index (χ3n) is 3.75. The number of amides is 1. The lowest BCUT2D eigenvalue weighted by Crippen LogP contribution is -2.28. The minimum atomic E-state index is -0.122. The lowest BCUT2D eigenvalue weighted by Gasteiger charge is -2.15. The predicted molar refractivity (Wildman–Crippen MR) is 84.4 cm³/mol. The number of aryl methyl sites for hydroxylation is 2. The van der Waals surface area contributed by atoms with E-state index in [0.717, 1.165) is 22.5 Å². The summed E-state index contributed by atoms with van der Waals surface area (Å²) in [6.07, 6.45) is 0.334. The van der Waals surface area contributed by atoms with Crippen molar-refractivity contribution >= 4 is 17.5 Å². The van der Waals surface area contributed by atoms with Crippen LogP contribution in [0.3, 0.4) is 0 Å². The van der Waals surface area contributed by atoms with Gasteiger partial charge in [-0.3, -0.25) is 9.48 Å². The van der Waals surface area contributed by atoms with E-state index in [1.54, 1.807) is 4.68 Å². The summed E-state index contributed by atoms with van der Waals surface area (Å²) in [4.78, 5) is 12.2. The van der Waals surface area contributed by atoms with Gasteiger partial charge in [-0.15, -0.1) is 0 Å². The van der Waals surface area contributed by atoms with E-state index >= 15 is 0 Å². The Morgan fingerprint density at radius 2 is 2.05 bits per heavy atom. The molecule has 0 saturated carbocycles. The van der Waals surface area contributed by atoms with Crippen LogP contribution in [0.25, 0.3) is 0 Å². The van der Waals surface area contributed by atoms with Gasteiger partial charge in [-0.1, -0.05) is 29.8 Å². The maximum absolute atomic E-state index is 12.2. The normalized spacial score (nSPS) is 12.2. The number of nitrogens with zero attached hydrogens (tertiary/aromatic N) is 2. The van der Waals surface area contributed by atoms with Crippen molar-refractivity contribution in [2.24, 2.45) is 7.05 Å². The molecule has 0 aliphatic rings. The van der Waals surface area contributed by atoms with Crippen molar-refractivity contribution in [2.45, 2.75) is 33.2 Å². The van der Waals surface area contributed by atoms with Crippen molar-refractivity contribution in [2.75, 3.05) is 0 Å². The van der Waals surface area contributed by atoms with Gasteiger partial charge < -0.3 is 5.32 Å². The van der Waals surface area contributed by atoms with E-state index in [9.17, 15) is 4.79 Å². The molecule has 0 bridgehead atoms. The molecule has 2 rings (SSSR count). The molecule has 2 aromatic rings. The highest BCUT2D eigenvalue weighted by atomic mass is 35.5. The monoisotopic (exact) mass is 305 g/mol. The molecule has 21 heavy (non-hydrogen) atoms. The van der Waals surface area contributed by atoms with E-state index in [-0.39, 0.29) is 11.9 Å². The summed E-state index contributed by atoms with van der Waals surface area (Å²) in [5.41, 5.74) is 3.83. The number of benzene rings is 1. The first-order chi connectivity index (χ1) is 9.90. The fourth-order valence-corrected chi connectivity index (χ4v) is 2.73. The molecule has 0 aliphatic carbocycles. The summed E-state index contributed by atoms with van der Waals surface area (Å²) in [5.74, 6) is -0.0263. The first-order valence-corrected chi connectivity index (χ1v) is 7.30. The van der Waals surface area contributed by atoms with Gasteiger partial charge in [0.1, 0.15) is 0 Å². The molecular weight excluding hydrogens is 286 g/mol. The molecule has 0 radical (unpaired) electrons. The minimum absolute atomic E-state index is 0.0263. The molecule has 1 heterocycles. The Balaban J connectivity index is 2.07. The lowest BCUT2D eigenvalue weighted by molar-refractivity contribution is -0.121. The molecule has 1 aromatic carbocycles. The summed E-state index contributed by atoms with van der Waals surface area (Å²) in [6.45, 7) is 5.83. The van der Waals surface area contributed by atoms with Gasteiger partial charge in [0.05, 0.1) is 18.2 Å². The predicted octanol–water partition coefficient (Wildman–Crippen LogP) is 3.11. The van der Waals surface area contributed by atoms with Crippen LogP contribution in [0.2, 0.25) is 5.02 Å². The van der Waals surface area contributed by atoms with E-state index in [1.165, 1.54) is 0 Å². The minimum Gasteiger partial charge on any atom is -0.349 e. The fourth-order valence-electron chi connectivity index (χ4n) is 2.43. The van der Waals surface area contributed by atoms with Gasteiger partial charge in [-0.2, -0.15) is 5.10 Å². The second-order valence-electron chi connectivity index (χ2n) is 5.26. The molecule has 112 valence electrons. The van der Waals surface area contributed by atoms with Crippen LogP contribution >= 0.6 is 11.6 Å². The first-order valence-electron chi connectivity index (χ1n) is 6.93. The molecule has 1 N–H and O–H groups in total. The third-order valence-corrected chi connectivity index (χ3v) is 4.09. The van der Waals surface area contributed by atoms with Gasteiger partial charge in [0.2, 0.25) is 5.91 Å². The molecule has 5 heteroatoms. The molecule has 0 fully saturated rings. The van der Waals surface area contributed by atoms with Crippen molar-refractivity contribution in [3.8, 4) is 0 Å². The van der Waals surface area contributed by atoms with Crippen LogP contribution < -0.4 is 5.32 Å². The number of carbonyl (C=O) groups is 1. The van der Waals surface area contributed by atoms with Gasteiger partial charge in [0.25, 0.3) is 0 Å². The van der Waals surface area contributed by atoms with Crippen molar-refractivity contribution in [1.29, 1.82) is 0 Å². The number of halogens is 1. The summed E-state index contributed by atoms with van der Waals surface area (Å²) in [7, 11) is 1.89. The summed E-state index contributed by atoms with van der Waals surface area (Å²) < 4.78 is 1.80. The second-order valence-corrected chi connectivity index (χ2v) is 5.67. The van der Waals surface area contributed by atoms with Gasteiger partial charge in [-0.05, 0) is 32.4 Å². The van der Waals surface area contributed by atoms with E-state index in [1.807, 2.05) is 52.1 Å². The van der Waals surface area contributed by atoms with Gasteiger partial charge >= 0.3 is 0 Å². The van der Waals surface area contributed by atoms with E-state index < -0.39 is 0 Å². The van der Waals surface area contributed by atoms with Gasteiger partial charge in [-0.25, -0.2) is 0 Å². The largest absolute Gasteiger partial charge is 0.349 e.